The van der Waals surface area contributed by atoms with Gasteiger partial charge in [0.25, 0.3) is 0 Å². The lowest BCUT2D eigenvalue weighted by Gasteiger charge is -2.35. The molecule has 128 valence electrons. The smallest absolute Gasteiger partial charge is 0.246 e. The van der Waals surface area contributed by atoms with Gasteiger partial charge >= 0.3 is 0 Å². The molecular weight excluding hydrogens is 294 g/mol. The third-order valence-corrected chi connectivity index (χ3v) is 4.05. The maximum absolute atomic E-state index is 12.4. The molecule has 0 aliphatic carbocycles. The highest BCUT2D eigenvalue weighted by Gasteiger charge is 2.27. The molecule has 1 aromatic rings. The number of aryl methyl sites for hydroxylation is 1. The Bertz CT molecular complexity index is 554. The summed E-state index contributed by atoms with van der Waals surface area (Å²) in [5.41, 5.74) is 0.852. The van der Waals surface area contributed by atoms with Crippen molar-refractivity contribution in [1.82, 2.24) is 24.9 Å². The van der Waals surface area contributed by atoms with Gasteiger partial charge < -0.3 is 20.0 Å². The maximum atomic E-state index is 12.4. The predicted octanol–water partition coefficient (Wildman–Crippen LogP) is -0.404. The lowest BCUT2D eigenvalue weighted by molar-refractivity contribution is -0.120. The molecule has 1 amide bonds. The Kier molecular flexibility index (Phi) is 5.97. The van der Waals surface area contributed by atoms with Crippen molar-refractivity contribution in [3.63, 3.8) is 0 Å². The van der Waals surface area contributed by atoms with E-state index in [1.165, 1.54) is 0 Å². The minimum atomic E-state index is 0.0675. The molecule has 1 fully saturated rings. The van der Waals surface area contributed by atoms with Crippen molar-refractivity contribution >= 4 is 17.6 Å². The number of amides is 1. The Balaban J connectivity index is 1.89. The van der Waals surface area contributed by atoms with Crippen LogP contribution in [-0.2, 0) is 11.8 Å². The molecule has 1 saturated heterocycles. The number of hydrogen-bond donors (Lipinski definition) is 1. The summed E-state index contributed by atoms with van der Waals surface area (Å²) in [6, 6.07) is 0. The maximum Gasteiger partial charge on any atom is 0.246 e. The van der Waals surface area contributed by atoms with Crippen LogP contribution < -0.4 is 10.2 Å². The van der Waals surface area contributed by atoms with Crippen molar-refractivity contribution in [1.29, 1.82) is 0 Å². The molecule has 0 atom stereocenters. The first-order valence-electron chi connectivity index (χ1n) is 7.98. The van der Waals surface area contributed by atoms with Gasteiger partial charge in [-0.25, -0.2) is 0 Å². The highest BCUT2D eigenvalue weighted by atomic mass is 16.2. The molecule has 0 radical (unpaired) electrons. The summed E-state index contributed by atoms with van der Waals surface area (Å²) < 4.78 is 1.71. The van der Waals surface area contributed by atoms with Gasteiger partial charge in [-0.2, -0.15) is 5.10 Å². The Labute approximate surface area is 137 Å². The van der Waals surface area contributed by atoms with E-state index in [1.54, 1.807) is 22.8 Å². The van der Waals surface area contributed by atoms with Crippen molar-refractivity contribution < 1.29 is 4.79 Å². The molecule has 8 nitrogen and oxygen atoms in total. The number of anilines is 1. The quantitative estimate of drug-likeness (QED) is 0.590. The Morgan fingerprint density at radius 3 is 2.83 bits per heavy atom. The zero-order chi connectivity index (χ0) is 16.8. The van der Waals surface area contributed by atoms with Crippen molar-refractivity contribution in [3.8, 4) is 0 Å². The van der Waals surface area contributed by atoms with Crippen LogP contribution in [0.3, 0.4) is 0 Å². The topological polar surface area (TPSA) is 69.0 Å². The molecule has 23 heavy (non-hydrogen) atoms. The van der Waals surface area contributed by atoms with Crippen LogP contribution >= 0.6 is 0 Å². The second-order valence-corrected chi connectivity index (χ2v) is 5.71. The molecular formula is C15H27N7O. The van der Waals surface area contributed by atoms with Crippen LogP contribution in [0.25, 0.3) is 0 Å². The molecule has 1 N–H and O–H groups in total. The van der Waals surface area contributed by atoms with Crippen molar-refractivity contribution in [2.75, 3.05) is 58.3 Å². The number of nitrogens with one attached hydrogen (secondary N) is 1. The molecule has 0 unspecified atom stereocenters. The van der Waals surface area contributed by atoms with Crippen LogP contribution in [0.2, 0.25) is 0 Å². The Hall–Kier alpha value is -2.09. The minimum Gasteiger partial charge on any atom is -0.355 e. The molecule has 2 heterocycles. The van der Waals surface area contributed by atoms with Crippen molar-refractivity contribution in [2.24, 2.45) is 12.0 Å². The third kappa shape index (κ3) is 4.44. The van der Waals surface area contributed by atoms with Crippen LogP contribution in [-0.4, -0.2) is 84.8 Å². The first kappa shape index (κ1) is 17.3. The number of carbonyl (C=O) groups excluding carboxylic acids is 1. The summed E-state index contributed by atoms with van der Waals surface area (Å²) in [5.74, 6) is 0.853. The second-order valence-electron chi connectivity index (χ2n) is 5.71. The second kappa shape index (κ2) is 7.96. The molecule has 0 aromatic carbocycles. The predicted molar refractivity (Wildman–Crippen MR) is 91.7 cm³/mol. The van der Waals surface area contributed by atoms with E-state index in [0.717, 1.165) is 37.8 Å². The zero-order valence-corrected chi connectivity index (χ0v) is 14.5. The molecule has 0 saturated carbocycles. The number of nitrogens with zero attached hydrogens (tertiary/aromatic N) is 6. The minimum absolute atomic E-state index is 0.0675. The molecule has 0 bridgehead atoms. The molecule has 8 heteroatoms. The Morgan fingerprint density at radius 2 is 2.26 bits per heavy atom. The van der Waals surface area contributed by atoms with Gasteiger partial charge in [0.15, 0.2) is 5.96 Å². The van der Waals surface area contributed by atoms with E-state index in [9.17, 15) is 4.79 Å². The fraction of sp³-hybridized carbons (Fsp3) is 0.667. The zero-order valence-electron chi connectivity index (χ0n) is 14.5. The van der Waals surface area contributed by atoms with Crippen molar-refractivity contribution in [3.05, 3.63) is 12.4 Å². The Morgan fingerprint density at radius 1 is 1.48 bits per heavy atom. The van der Waals surface area contributed by atoms with Crippen LogP contribution in [0.1, 0.15) is 6.92 Å². The summed E-state index contributed by atoms with van der Waals surface area (Å²) >= 11 is 0. The van der Waals surface area contributed by atoms with Gasteiger partial charge in [0.2, 0.25) is 5.91 Å². The largest absolute Gasteiger partial charge is 0.355 e. The van der Waals surface area contributed by atoms with Crippen LogP contribution in [0.4, 0.5) is 5.69 Å². The number of piperazine rings is 1. The molecule has 1 aromatic heterocycles. The number of aliphatic imine (C=N–C) groups is 1. The van der Waals surface area contributed by atoms with Crippen LogP contribution in [0, 0.1) is 0 Å². The number of aromatic nitrogens is 2. The number of likely N-dealkylation sites (N-methyl/N-ethyl adjacent to an activating group) is 1. The number of rotatable bonds is 5. The molecule has 1 aliphatic rings. The summed E-state index contributed by atoms with van der Waals surface area (Å²) in [4.78, 5) is 22.7. The lowest BCUT2D eigenvalue weighted by atomic mass is 10.3. The third-order valence-electron chi connectivity index (χ3n) is 4.05. The number of hydrogen-bond acceptors (Lipinski definition) is 4. The first-order chi connectivity index (χ1) is 11.0. The van der Waals surface area contributed by atoms with Gasteiger partial charge in [-0.1, -0.05) is 6.92 Å². The molecule has 1 aliphatic heterocycles. The standard InChI is InChI=1S/C15H27N7O/c1-5-19(3)7-6-17-15(16-2)21-8-9-22(14(23)12-21)13-10-18-20(4)11-13/h10-11H,5-9,12H2,1-4H3,(H,16,17). The van der Waals surface area contributed by atoms with E-state index in [2.05, 4.69) is 34.3 Å². The molecule has 2 rings (SSSR count). The van der Waals surface area contributed by atoms with Gasteiger partial charge in [0, 0.05) is 46.5 Å². The van der Waals surface area contributed by atoms with Gasteiger partial charge in [-0.15, -0.1) is 0 Å². The fourth-order valence-electron chi connectivity index (χ4n) is 2.52. The fourth-order valence-corrected chi connectivity index (χ4v) is 2.52. The van der Waals surface area contributed by atoms with Gasteiger partial charge in [0.1, 0.15) is 6.54 Å². The average molecular weight is 321 g/mol. The molecule has 0 spiro atoms. The monoisotopic (exact) mass is 321 g/mol. The van der Waals surface area contributed by atoms with E-state index in [4.69, 9.17) is 0 Å². The summed E-state index contributed by atoms with van der Waals surface area (Å²) in [5, 5.41) is 7.46. The normalized spacial score (nSPS) is 16.4. The van der Waals surface area contributed by atoms with E-state index in [-0.39, 0.29) is 5.91 Å². The van der Waals surface area contributed by atoms with Gasteiger partial charge in [-0.3, -0.25) is 14.5 Å². The van der Waals surface area contributed by atoms with Gasteiger partial charge in [0.05, 0.1) is 11.9 Å². The summed E-state index contributed by atoms with van der Waals surface area (Å²) in [6.07, 6.45) is 3.59. The van der Waals surface area contributed by atoms with E-state index in [1.807, 2.05) is 18.1 Å². The van der Waals surface area contributed by atoms with Gasteiger partial charge in [-0.05, 0) is 13.6 Å². The lowest BCUT2D eigenvalue weighted by Crippen LogP contribution is -2.55. The first-order valence-corrected chi connectivity index (χ1v) is 7.98. The summed E-state index contributed by atoms with van der Waals surface area (Å²) in [6.45, 7) is 6.63. The van der Waals surface area contributed by atoms with E-state index >= 15 is 0 Å². The summed E-state index contributed by atoms with van der Waals surface area (Å²) in [7, 11) is 5.69. The van der Waals surface area contributed by atoms with Crippen LogP contribution in [0.5, 0.6) is 0 Å². The average Bonchev–Trinajstić information content (AvgIpc) is 2.97. The number of guanidine groups is 1. The SMILES string of the molecule is CCN(C)CCNC(=NC)N1CCN(c2cnn(C)c2)C(=O)C1. The van der Waals surface area contributed by atoms with E-state index in [0.29, 0.717) is 13.1 Å². The van der Waals surface area contributed by atoms with Crippen LogP contribution in [0.15, 0.2) is 17.4 Å². The van der Waals surface area contributed by atoms with Crippen molar-refractivity contribution in [2.45, 2.75) is 6.92 Å². The highest BCUT2D eigenvalue weighted by Crippen LogP contribution is 2.15. The van der Waals surface area contributed by atoms with E-state index < -0.39 is 0 Å². The highest BCUT2D eigenvalue weighted by molar-refractivity contribution is 5.98. The number of carbonyl (C=O) groups is 1.